The summed E-state index contributed by atoms with van der Waals surface area (Å²) >= 11 is 0. The lowest BCUT2D eigenvalue weighted by atomic mass is 9.72. The Hall–Kier alpha value is -1.82. The van der Waals surface area contributed by atoms with Crippen LogP contribution in [0.2, 0.25) is 0 Å². The number of benzene rings is 2. The molecular weight excluding hydrogens is 252 g/mol. The van der Waals surface area contributed by atoms with Crippen LogP contribution in [0.3, 0.4) is 0 Å². The molecule has 0 heteroatoms. The number of hydrogen-bond donors (Lipinski definition) is 0. The van der Waals surface area contributed by atoms with Crippen LogP contribution in [0.25, 0.3) is 11.6 Å². The fourth-order valence-electron chi connectivity index (χ4n) is 3.44. The maximum atomic E-state index is 2.41. The van der Waals surface area contributed by atoms with Gasteiger partial charge in [-0.2, -0.15) is 0 Å². The van der Waals surface area contributed by atoms with Gasteiger partial charge in [0.25, 0.3) is 0 Å². The molecule has 0 unspecified atom stereocenters. The standard InChI is InChI=1S/C21H24/c1-16(14-17-8-5-4-6-9-17)18-11-12-20-19(15-18)10-7-13-21(20,2)3/h4-6,8-9,11-12,14-15H,7,10,13H2,1-3H3/b16-14+. The van der Waals surface area contributed by atoms with E-state index in [4.69, 9.17) is 0 Å². The smallest absolute Gasteiger partial charge is 0.0101 e. The normalized spacial score (nSPS) is 17.4. The summed E-state index contributed by atoms with van der Waals surface area (Å²) in [4.78, 5) is 0. The SMILES string of the molecule is C/C(=C\c1ccccc1)c1ccc2c(c1)CCCC2(C)C. The number of hydrogen-bond acceptors (Lipinski definition) is 0. The van der Waals surface area contributed by atoms with Crippen molar-refractivity contribution in [3.63, 3.8) is 0 Å². The van der Waals surface area contributed by atoms with Crippen LogP contribution in [0.15, 0.2) is 48.5 Å². The van der Waals surface area contributed by atoms with E-state index in [1.807, 2.05) is 0 Å². The van der Waals surface area contributed by atoms with Gasteiger partial charge in [-0.1, -0.05) is 68.5 Å². The van der Waals surface area contributed by atoms with Crippen molar-refractivity contribution >= 4 is 11.6 Å². The fourth-order valence-corrected chi connectivity index (χ4v) is 3.44. The molecule has 108 valence electrons. The molecule has 0 spiro atoms. The third-order valence-corrected chi connectivity index (χ3v) is 4.72. The third-order valence-electron chi connectivity index (χ3n) is 4.72. The van der Waals surface area contributed by atoms with Gasteiger partial charge in [-0.25, -0.2) is 0 Å². The van der Waals surface area contributed by atoms with Crippen molar-refractivity contribution in [1.82, 2.24) is 0 Å². The van der Waals surface area contributed by atoms with E-state index in [1.54, 1.807) is 11.1 Å². The molecule has 0 saturated carbocycles. The molecule has 0 heterocycles. The van der Waals surface area contributed by atoms with E-state index in [0.717, 1.165) is 0 Å². The molecule has 0 atom stereocenters. The van der Waals surface area contributed by atoms with E-state index in [9.17, 15) is 0 Å². The molecule has 2 aromatic rings. The number of rotatable bonds is 2. The zero-order valence-electron chi connectivity index (χ0n) is 13.3. The number of allylic oxidation sites excluding steroid dienone is 1. The maximum absolute atomic E-state index is 2.41. The fraction of sp³-hybridized carbons (Fsp3) is 0.333. The van der Waals surface area contributed by atoms with Crippen LogP contribution in [0.4, 0.5) is 0 Å². The van der Waals surface area contributed by atoms with Crippen molar-refractivity contribution in [2.24, 2.45) is 0 Å². The largest absolute Gasteiger partial charge is 0.0622 e. The molecule has 1 aliphatic carbocycles. The van der Waals surface area contributed by atoms with Gasteiger partial charge in [0.15, 0.2) is 0 Å². The van der Waals surface area contributed by atoms with Gasteiger partial charge in [0.2, 0.25) is 0 Å². The molecule has 0 aliphatic heterocycles. The van der Waals surface area contributed by atoms with Gasteiger partial charge >= 0.3 is 0 Å². The Morgan fingerprint density at radius 2 is 1.81 bits per heavy atom. The molecule has 0 nitrogen and oxygen atoms in total. The first-order chi connectivity index (χ1) is 10.1. The van der Waals surface area contributed by atoms with Crippen molar-refractivity contribution in [3.05, 3.63) is 70.8 Å². The van der Waals surface area contributed by atoms with Gasteiger partial charge in [-0.15, -0.1) is 0 Å². The lowest BCUT2D eigenvalue weighted by Crippen LogP contribution is -2.23. The van der Waals surface area contributed by atoms with E-state index in [2.05, 4.69) is 75.4 Å². The van der Waals surface area contributed by atoms with Crippen LogP contribution in [0, 0.1) is 0 Å². The Kier molecular flexibility index (Phi) is 3.71. The maximum Gasteiger partial charge on any atom is -0.0101 e. The summed E-state index contributed by atoms with van der Waals surface area (Å²) in [6, 6.07) is 17.6. The first-order valence-electron chi connectivity index (χ1n) is 7.93. The quantitative estimate of drug-likeness (QED) is 0.602. The summed E-state index contributed by atoms with van der Waals surface area (Å²) < 4.78 is 0. The number of aryl methyl sites for hydroxylation is 1. The predicted octanol–water partition coefficient (Wildman–Crippen LogP) is 5.86. The highest BCUT2D eigenvalue weighted by Gasteiger charge is 2.27. The lowest BCUT2D eigenvalue weighted by molar-refractivity contribution is 0.432. The number of fused-ring (bicyclic) bond motifs is 1. The summed E-state index contributed by atoms with van der Waals surface area (Å²) in [5, 5.41) is 0. The topological polar surface area (TPSA) is 0 Å². The minimum Gasteiger partial charge on any atom is -0.0622 e. The molecule has 0 amide bonds. The molecule has 0 saturated heterocycles. The van der Waals surface area contributed by atoms with Crippen LogP contribution >= 0.6 is 0 Å². The van der Waals surface area contributed by atoms with Crippen LogP contribution < -0.4 is 0 Å². The van der Waals surface area contributed by atoms with Gasteiger partial charge in [0.05, 0.1) is 0 Å². The molecule has 0 fully saturated rings. The van der Waals surface area contributed by atoms with Crippen molar-refractivity contribution < 1.29 is 0 Å². The summed E-state index contributed by atoms with van der Waals surface area (Å²) in [7, 11) is 0. The zero-order valence-corrected chi connectivity index (χ0v) is 13.3. The Balaban J connectivity index is 1.96. The van der Waals surface area contributed by atoms with Crippen molar-refractivity contribution in [3.8, 4) is 0 Å². The average molecular weight is 276 g/mol. The summed E-state index contributed by atoms with van der Waals surface area (Å²) in [6.45, 7) is 6.96. The summed E-state index contributed by atoms with van der Waals surface area (Å²) in [5.74, 6) is 0. The predicted molar refractivity (Wildman–Crippen MR) is 92.4 cm³/mol. The van der Waals surface area contributed by atoms with Crippen LogP contribution in [0.1, 0.15) is 55.9 Å². The van der Waals surface area contributed by atoms with Gasteiger partial charge in [0.1, 0.15) is 0 Å². The van der Waals surface area contributed by atoms with Crippen molar-refractivity contribution in [1.29, 1.82) is 0 Å². The highest BCUT2D eigenvalue weighted by atomic mass is 14.3. The molecule has 0 bridgehead atoms. The van der Waals surface area contributed by atoms with Crippen LogP contribution in [-0.2, 0) is 11.8 Å². The van der Waals surface area contributed by atoms with Gasteiger partial charge in [-0.05, 0) is 59.4 Å². The molecule has 21 heavy (non-hydrogen) atoms. The second-order valence-electron chi connectivity index (χ2n) is 6.85. The van der Waals surface area contributed by atoms with Gasteiger partial charge < -0.3 is 0 Å². The van der Waals surface area contributed by atoms with E-state index < -0.39 is 0 Å². The minimum atomic E-state index is 0.336. The third kappa shape index (κ3) is 2.95. The second kappa shape index (κ2) is 5.52. The molecule has 0 radical (unpaired) electrons. The van der Waals surface area contributed by atoms with E-state index in [-0.39, 0.29) is 0 Å². The van der Waals surface area contributed by atoms with Gasteiger partial charge in [0, 0.05) is 0 Å². The Bertz CT molecular complexity index is 660. The van der Waals surface area contributed by atoms with Crippen molar-refractivity contribution in [2.45, 2.75) is 45.4 Å². The van der Waals surface area contributed by atoms with E-state index in [1.165, 1.54) is 36.0 Å². The lowest BCUT2D eigenvalue weighted by Gasteiger charge is -2.32. The molecular formula is C21H24. The van der Waals surface area contributed by atoms with Gasteiger partial charge in [-0.3, -0.25) is 0 Å². The zero-order chi connectivity index (χ0) is 14.9. The molecule has 3 rings (SSSR count). The summed E-state index contributed by atoms with van der Waals surface area (Å²) in [5.41, 5.74) is 7.40. The Morgan fingerprint density at radius 3 is 2.57 bits per heavy atom. The van der Waals surface area contributed by atoms with Crippen LogP contribution in [0.5, 0.6) is 0 Å². The summed E-state index contributed by atoms with van der Waals surface area (Å²) in [6.07, 6.45) is 6.12. The highest BCUT2D eigenvalue weighted by Crippen LogP contribution is 2.37. The minimum absolute atomic E-state index is 0.336. The molecule has 0 aromatic heterocycles. The first kappa shape index (κ1) is 14.1. The van der Waals surface area contributed by atoms with E-state index in [0.29, 0.717) is 5.41 Å². The second-order valence-corrected chi connectivity index (χ2v) is 6.85. The highest BCUT2D eigenvalue weighted by molar-refractivity contribution is 5.80. The Morgan fingerprint density at radius 1 is 1.05 bits per heavy atom. The average Bonchev–Trinajstić information content (AvgIpc) is 2.47. The van der Waals surface area contributed by atoms with E-state index >= 15 is 0 Å². The molecule has 2 aromatic carbocycles. The monoisotopic (exact) mass is 276 g/mol. The first-order valence-corrected chi connectivity index (χ1v) is 7.93. The molecule has 0 N–H and O–H groups in total. The van der Waals surface area contributed by atoms with Crippen LogP contribution in [-0.4, -0.2) is 0 Å². The Labute approximate surface area is 128 Å². The van der Waals surface area contributed by atoms with Crippen molar-refractivity contribution in [2.75, 3.05) is 0 Å². The molecule has 1 aliphatic rings.